The quantitative estimate of drug-likeness (QED) is 0.0181. The normalized spacial score (nSPS) is 31.0. The molecule has 30 atom stereocenters. The Morgan fingerprint density at radius 2 is 0.566 bits per heavy atom. The minimum absolute atomic E-state index is 0. The molecule has 0 spiro atoms. The summed E-state index contributed by atoms with van der Waals surface area (Å²) < 4.78 is 75.3. The van der Waals surface area contributed by atoms with E-state index in [4.69, 9.17) is 76.8 Å². The molecule has 50 heteroatoms. The third kappa shape index (κ3) is 22.1. The maximum atomic E-state index is 12.7. The number of rotatable bonds is 31. The predicted octanol–water partition coefficient (Wildman–Crippen LogP) is -4.83. The number of hydrogen-bond donors (Lipinski definition) is 21. The van der Waals surface area contributed by atoms with Gasteiger partial charge in [0.25, 0.3) is 0 Å². The van der Waals surface area contributed by atoms with Crippen LogP contribution in [0, 0.1) is 0 Å². The van der Waals surface area contributed by atoms with Gasteiger partial charge in [0.1, 0.15) is 163 Å². The fourth-order valence-electron chi connectivity index (χ4n) is 18.5. The number of ether oxygens (including phenoxy) is 12. The van der Waals surface area contributed by atoms with Crippen molar-refractivity contribution in [2.24, 2.45) is 0 Å². The van der Waals surface area contributed by atoms with Crippen LogP contribution in [0.5, 0.6) is 0 Å². The molecule has 8 bridgehead atoms. The van der Waals surface area contributed by atoms with Crippen LogP contribution in [0.3, 0.4) is 0 Å². The van der Waals surface area contributed by atoms with Crippen molar-refractivity contribution in [1.29, 1.82) is 0 Å². The van der Waals surface area contributed by atoms with Gasteiger partial charge >= 0.3 is 19.5 Å². The standard InChI is InChI=1S/C95H108N16O33.Zn/c1-41(118)96-72-78(124)87(142-93-84(130)81(127)75(121)62(32-112)136-93)65(35-115)139-90(72)133-38-48-29-109(106-103-48)51-15-9-45(10-16-51)69-56-23-21-54(99-56)68(44-7-5-4-6-8-44)55-22-24-57(100-55)70(46-11-17-52(18-12-46)110-30-49(104-107-110)39-134-91-73(97-42(2)119)79(125)88(66(36-116)140-91)143-94-85(131)82(128)76(122)63(33-113)137-94)59-26-28-61(102-59)71(60-27-25-58(69)101-60)47-13-19-53(20-14-47)111-31-50(105-108-111)40-135-92-74(98-43(3)120)80(126)89(67(37-117)141-92)144-95-86(132)83(129)77(123)64(34-114)138-95;/h4-31,62-67,72-95,112-117,121-132H,32-40H2,1-3H3,(H5,96,97,98,99,100,101,102,103,104,105,106,107,108,118,119,120);/q;+2/p-2/t62-,63-,64-,65-,66-,67-,72-,73-,74-,75+,76+,77+,78-,79-,80-,81+,82+,83+,84-,85-,86-,87-,88-,89-,90-,91-,92-,93+,94+,95+;/m1./s1. The summed E-state index contributed by atoms with van der Waals surface area (Å²) in [7, 11) is 0. The summed E-state index contributed by atoms with van der Waals surface area (Å²) in [4.78, 5) is 59.9. The molecule has 0 aliphatic carbocycles. The van der Waals surface area contributed by atoms with Gasteiger partial charge in [0.15, 0.2) is 37.7 Å². The van der Waals surface area contributed by atoms with Gasteiger partial charge in [-0.2, -0.15) is 0 Å². The summed E-state index contributed by atoms with van der Waals surface area (Å²) in [5.41, 5.74) is 11.5. The van der Waals surface area contributed by atoms with Crippen molar-refractivity contribution in [1.82, 2.24) is 80.9 Å². The van der Waals surface area contributed by atoms with Gasteiger partial charge in [0, 0.05) is 20.8 Å². The number of hydrogen-bond acceptors (Lipinski definition) is 41. The zero-order valence-electron chi connectivity index (χ0n) is 77.5. The minimum Gasteiger partial charge on any atom is -0.657 e. The first-order valence-electron chi connectivity index (χ1n) is 46.0. The number of benzene rings is 4. The van der Waals surface area contributed by atoms with Crippen molar-refractivity contribution in [2.75, 3.05) is 39.6 Å². The van der Waals surface area contributed by atoms with E-state index < -0.39 is 241 Å². The zero-order valence-corrected chi connectivity index (χ0v) is 80.5. The second-order valence-corrected chi connectivity index (χ2v) is 35.5. The van der Waals surface area contributed by atoms with E-state index in [1.165, 1.54) is 34.8 Å². The van der Waals surface area contributed by atoms with Gasteiger partial charge in [-0.05, 0) is 105 Å². The fraction of sp³-hybridized carbons (Fsp3) is 0.442. The van der Waals surface area contributed by atoms with E-state index >= 15 is 0 Å². The first-order chi connectivity index (χ1) is 69.5. The molecule has 14 heterocycles. The van der Waals surface area contributed by atoms with E-state index in [0.717, 1.165) is 5.56 Å². The number of nitrogens with one attached hydrogen (secondary N) is 3. The predicted molar refractivity (Wildman–Crippen MR) is 492 cm³/mol. The summed E-state index contributed by atoms with van der Waals surface area (Å²) in [5, 5.41) is 226. The molecule has 18 rings (SSSR count). The van der Waals surface area contributed by atoms with Crippen LogP contribution in [0.25, 0.3) is 108 Å². The largest absolute Gasteiger partial charge is 2.00 e. The molecule has 766 valence electrons. The maximum Gasteiger partial charge on any atom is 2.00 e. The average molecular weight is 2070 g/mol. The molecule has 21 N–H and O–H groups in total. The molecule has 6 fully saturated rings. The molecular weight excluding hydrogens is 1960 g/mol. The number of fused-ring (bicyclic) bond motifs is 8. The summed E-state index contributed by atoms with van der Waals surface area (Å²) >= 11 is 0. The second-order valence-electron chi connectivity index (χ2n) is 35.5. The van der Waals surface area contributed by atoms with Crippen LogP contribution >= 0.6 is 0 Å². The minimum atomic E-state index is -1.89. The Balaban J connectivity index is 0.0000144. The molecule has 0 radical (unpaired) electrons. The van der Waals surface area contributed by atoms with Crippen molar-refractivity contribution in [3.8, 4) is 61.6 Å². The van der Waals surface area contributed by atoms with E-state index in [9.17, 15) is 106 Å². The summed E-state index contributed by atoms with van der Waals surface area (Å²) in [6.07, 6.45) is -31.7. The Bertz CT molecular complexity index is 6230. The second kappa shape index (κ2) is 45.6. The van der Waals surface area contributed by atoms with Gasteiger partial charge in [-0.3, -0.25) is 14.4 Å². The molecule has 145 heavy (non-hydrogen) atoms. The van der Waals surface area contributed by atoms with E-state index in [-0.39, 0.29) is 56.4 Å². The van der Waals surface area contributed by atoms with Gasteiger partial charge in [-0.1, -0.05) is 107 Å². The van der Waals surface area contributed by atoms with Crippen molar-refractivity contribution >= 4 is 64.1 Å². The van der Waals surface area contributed by atoms with Crippen molar-refractivity contribution in [3.05, 3.63) is 186 Å². The molecule has 6 aromatic heterocycles. The van der Waals surface area contributed by atoms with Crippen LogP contribution in [-0.4, -0.2) is 388 Å². The Hall–Kier alpha value is -11.3. The summed E-state index contributed by atoms with van der Waals surface area (Å²) in [6.45, 7) is -2.14. The number of aromatic nitrogens is 13. The molecule has 3 amide bonds. The molecule has 49 nitrogen and oxygen atoms in total. The Morgan fingerprint density at radius 3 is 0.814 bits per heavy atom. The zero-order chi connectivity index (χ0) is 101. The molecule has 8 aliphatic rings. The third-order valence-corrected chi connectivity index (χ3v) is 25.8. The van der Waals surface area contributed by atoms with E-state index in [1.807, 2.05) is 140 Å². The number of amides is 3. The van der Waals surface area contributed by atoms with Crippen molar-refractivity contribution in [3.63, 3.8) is 0 Å². The average Bonchev–Trinajstić information content (AvgIpc) is 1.60. The maximum absolute atomic E-state index is 12.7. The molecule has 10 aromatic rings. The van der Waals surface area contributed by atoms with Gasteiger partial charge in [-0.15, -0.1) is 37.4 Å². The number of aliphatic hydroxyl groups is 18. The van der Waals surface area contributed by atoms with Crippen LogP contribution in [-0.2, 0) is 111 Å². The molecule has 0 saturated carbocycles. The number of nitrogens with zero attached hydrogens (tertiary/aromatic N) is 13. The van der Waals surface area contributed by atoms with E-state index in [2.05, 4.69) is 46.9 Å². The van der Waals surface area contributed by atoms with Gasteiger partial charge in [0.2, 0.25) is 17.7 Å². The van der Waals surface area contributed by atoms with Crippen molar-refractivity contribution < 1.29 is 183 Å². The smallest absolute Gasteiger partial charge is 0.657 e. The topological polar surface area (TPSA) is 708 Å². The third-order valence-electron chi connectivity index (χ3n) is 25.8. The Kier molecular flexibility index (Phi) is 33.1. The van der Waals surface area contributed by atoms with Crippen LogP contribution in [0.1, 0.15) is 60.6 Å². The van der Waals surface area contributed by atoms with E-state index in [1.54, 1.807) is 30.7 Å². The Morgan fingerprint density at radius 1 is 0.317 bits per heavy atom. The van der Waals surface area contributed by atoms with Crippen LogP contribution in [0.15, 0.2) is 146 Å². The van der Waals surface area contributed by atoms with Gasteiger partial charge in [0.05, 0.1) is 118 Å². The molecule has 8 aliphatic heterocycles. The van der Waals surface area contributed by atoms with Gasteiger partial charge < -0.3 is 175 Å². The fourth-order valence-corrected chi connectivity index (χ4v) is 18.5. The van der Waals surface area contributed by atoms with E-state index in [0.29, 0.717) is 101 Å². The number of aliphatic hydroxyl groups excluding tert-OH is 18. The number of carbonyl (C=O) groups is 3. The van der Waals surface area contributed by atoms with Crippen LogP contribution < -0.4 is 25.9 Å². The molecular formula is C95H106N16O33Zn. The van der Waals surface area contributed by atoms with Crippen LogP contribution in [0.2, 0.25) is 0 Å². The summed E-state index contributed by atoms with van der Waals surface area (Å²) in [6, 6.07) is 35.0. The molecule has 6 saturated heterocycles. The Labute approximate surface area is 835 Å². The first-order valence-corrected chi connectivity index (χ1v) is 46.0. The molecule has 4 aromatic carbocycles. The SMILES string of the molecule is CC(=O)N[C@H]1[C@H](OCc2cn(-c3ccc(-c4c5nc(c(-c6ccc(-n7cc(CO[C@@H]8O[C@H](CO)[C@@H](O[C@@H]9O[C@H](CO)[C@H](O)[C@H](O)[C@H]9O)[C@H](O)[C@H]8NC(C)=O)nn7)cc6)c6ccc([n-]6)c(-c6ccc(-n7cc(CO[C@@H]8O[C@H](CO)[C@@H](O[C@@H]9O[C@H](CO)[C@H](O)[C@H](O)[C@H]9O)[C@H](O)[C@H]8NC(C)=O)nn7)cc6)c6nc(c(-c7ccccc7)c7ccc4[n-]7)C=C6)C=C5)cc3)nn2)O[C@H](CO)[C@@H](O[C@@H]2O[C@H](CO)[C@H](O)[C@H](O)[C@H]2O)[C@@H]1O.[Zn+2]. The monoisotopic (exact) mass is 2060 g/mol. The van der Waals surface area contributed by atoms with Crippen molar-refractivity contribution in [2.45, 2.75) is 225 Å². The molecule has 0 unspecified atom stereocenters. The summed E-state index contributed by atoms with van der Waals surface area (Å²) in [5.74, 6) is -1.87. The first kappa shape index (κ1) is 105. The van der Waals surface area contributed by atoms with Gasteiger partial charge in [-0.25, -0.2) is 24.0 Å². The van der Waals surface area contributed by atoms with Crippen LogP contribution in [0.4, 0.5) is 0 Å². The number of carbonyl (C=O) groups excluding carboxylic acids is 3.